The first-order valence-corrected chi connectivity index (χ1v) is 8.50. The number of rotatable bonds is 4. The molecule has 1 aromatic heterocycles. The molecule has 0 spiro atoms. The third kappa shape index (κ3) is 3.88. The molecule has 1 aromatic carbocycles. The van der Waals surface area contributed by atoms with E-state index in [1.165, 1.54) is 12.8 Å². The van der Waals surface area contributed by atoms with Crippen molar-refractivity contribution in [3.05, 3.63) is 42.1 Å². The van der Waals surface area contributed by atoms with Crippen molar-refractivity contribution in [1.82, 2.24) is 15.2 Å². The Morgan fingerprint density at radius 2 is 2.00 bits per heavy atom. The van der Waals surface area contributed by atoms with Crippen LogP contribution in [0.15, 0.2) is 36.4 Å². The number of carbonyl (C=O) groups excluding carboxylic acids is 1. The Labute approximate surface area is 137 Å². The molecular formula is C19H25N3O. The number of amides is 1. The molecule has 1 amide bonds. The third-order valence-electron chi connectivity index (χ3n) is 4.85. The number of para-hydroxylation sites is 1. The second-order valence-electron chi connectivity index (χ2n) is 6.61. The normalized spacial score (nSPS) is 18.0. The summed E-state index contributed by atoms with van der Waals surface area (Å²) in [4.78, 5) is 19.3. The fraction of sp³-hybridized carbons (Fsp3) is 0.474. The first kappa shape index (κ1) is 15.9. The molecule has 4 heteroatoms. The van der Waals surface area contributed by atoms with Crippen LogP contribution < -0.4 is 5.32 Å². The summed E-state index contributed by atoms with van der Waals surface area (Å²) in [6, 6.07) is 12.0. The number of nitrogens with zero attached hydrogens (tertiary/aromatic N) is 2. The summed E-state index contributed by atoms with van der Waals surface area (Å²) < 4.78 is 0. The average molecular weight is 311 g/mol. The van der Waals surface area contributed by atoms with Crippen LogP contribution in [0.5, 0.6) is 0 Å². The summed E-state index contributed by atoms with van der Waals surface area (Å²) in [6.07, 6.45) is 2.37. The zero-order valence-corrected chi connectivity index (χ0v) is 14.0. The first-order chi connectivity index (χ1) is 11.1. The lowest BCUT2D eigenvalue weighted by atomic mass is 9.98. The Morgan fingerprint density at radius 3 is 2.78 bits per heavy atom. The smallest absolute Gasteiger partial charge is 0.237 e. The number of hydrogen-bond donors (Lipinski definition) is 1. The van der Waals surface area contributed by atoms with Crippen molar-refractivity contribution in [3.8, 4) is 0 Å². The molecular weight excluding hydrogens is 286 g/mol. The van der Waals surface area contributed by atoms with Crippen LogP contribution in [0.2, 0.25) is 0 Å². The van der Waals surface area contributed by atoms with Gasteiger partial charge in [0.05, 0.1) is 23.8 Å². The van der Waals surface area contributed by atoms with E-state index in [2.05, 4.69) is 28.2 Å². The van der Waals surface area contributed by atoms with E-state index in [-0.39, 0.29) is 11.9 Å². The van der Waals surface area contributed by atoms with Gasteiger partial charge < -0.3 is 5.32 Å². The van der Waals surface area contributed by atoms with E-state index in [1.54, 1.807) is 0 Å². The maximum absolute atomic E-state index is 12.4. The highest BCUT2D eigenvalue weighted by atomic mass is 16.2. The number of benzene rings is 1. The minimum atomic E-state index is -0.0667. The molecule has 0 saturated carbocycles. The second-order valence-corrected chi connectivity index (χ2v) is 6.61. The average Bonchev–Trinajstić information content (AvgIpc) is 2.59. The van der Waals surface area contributed by atoms with Gasteiger partial charge in [-0.1, -0.05) is 31.2 Å². The number of fused-ring (bicyclic) bond motifs is 1. The van der Waals surface area contributed by atoms with Crippen molar-refractivity contribution < 1.29 is 4.79 Å². The SMILES string of the molecule is CC1CCN([C@@H](C)C(=O)NCc2ccc3ccccc3n2)CC1. The molecule has 2 aromatic rings. The molecule has 3 rings (SSSR count). The molecule has 23 heavy (non-hydrogen) atoms. The second kappa shape index (κ2) is 7.09. The number of aromatic nitrogens is 1. The summed E-state index contributed by atoms with van der Waals surface area (Å²) in [5.74, 6) is 0.873. The van der Waals surface area contributed by atoms with E-state index < -0.39 is 0 Å². The van der Waals surface area contributed by atoms with Gasteiger partial charge in [-0.2, -0.15) is 0 Å². The molecule has 1 fully saturated rings. The summed E-state index contributed by atoms with van der Waals surface area (Å²) in [5, 5.41) is 4.15. The van der Waals surface area contributed by atoms with Gasteiger partial charge in [0.25, 0.3) is 0 Å². The predicted molar refractivity (Wildman–Crippen MR) is 93.0 cm³/mol. The summed E-state index contributed by atoms with van der Waals surface area (Å²) in [6.45, 7) is 6.80. The molecule has 0 bridgehead atoms. The fourth-order valence-electron chi connectivity index (χ4n) is 3.11. The van der Waals surface area contributed by atoms with Gasteiger partial charge in [-0.3, -0.25) is 14.7 Å². The van der Waals surface area contributed by atoms with Crippen LogP contribution in [0, 0.1) is 5.92 Å². The summed E-state index contributed by atoms with van der Waals surface area (Å²) >= 11 is 0. The molecule has 4 nitrogen and oxygen atoms in total. The van der Waals surface area contributed by atoms with Crippen molar-refractivity contribution in [1.29, 1.82) is 0 Å². The monoisotopic (exact) mass is 311 g/mol. The van der Waals surface area contributed by atoms with E-state index in [4.69, 9.17) is 0 Å². The van der Waals surface area contributed by atoms with E-state index in [0.717, 1.165) is 35.6 Å². The molecule has 1 saturated heterocycles. The molecule has 0 unspecified atom stereocenters. The highest BCUT2D eigenvalue weighted by Crippen LogP contribution is 2.18. The van der Waals surface area contributed by atoms with Gasteiger partial charge >= 0.3 is 0 Å². The number of nitrogens with one attached hydrogen (secondary N) is 1. The maximum atomic E-state index is 12.4. The van der Waals surface area contributed by atoms with Gasteiger partial charge in [-0.15, -0.1) is 0 Å². The van der Waals surface area contributed by atoms with Crippen molar-refractivity contribution in [2.75, 3.05) is 13.1 Å². The van der Waals surface area contributed by atoms with Crippen LogP contribution in [0.1, 0.15) is 32.4 Å². The Bertz CT molecular complexity index is 677. The van der Waals surface area contributed by atoms with Crippen LogP contribution in [0.4, 0.5) is 0 Å². The van der Waals surface area contributed by atoms with Crippen LogP contribution in [0.25, 0.3) is 10.9 Å². The molecule has 1 aliphatic rings. The molecule has 1 atom stereocenters. The van der Waals surface area contributed by atoms with Crippen LogP contribution in [0.3, 0.4) is 0 Å². The molecule has 1 N–H and O–H groups in total. The van der Waals surface area contributed by atoms with E-state index in [0.29, 0.717) is 6.54 Å². The van der Waals surface area contributed by atoms with Gasteiger partial charge in [-0.05, 0) is 50.9 Å². The third-order valence-corrected chi connectivity index (χ3v) is 4.85. The van der Waals surface area contributed by atoms with Crippen molar-refractivity contribution >= 4 is 16.8 Å². The van der Waals surface area contributed by atoms with Gasteiger partial charge in [0, 0.05) is 5.39 Å². The lowest BCUT2D eigenvalue weighted by molar-refractivity contribution is -0.126. The van der Waals surface area contributed by atoms with Crippen LogP contribution >= 0.6 is 0 Å². The quantitative estimate of drug-likeness (QED) is 0.944. The lowest BCUT2D eigenvalue weighted by Crippen LogP contribution is -2.47. The summed E-state index contributed by atoms with van der Waals surface area (Å²) in [7, 11) is 0. The molecule has 2 heterocycles. The summed E-state index contributed by atoms with van der Waals surface area (Å²) in [5.41, 5.74) is 1.87. The van der Waals surface area contributed by atoms with Crippen molar-refractivity contribution in [3.63, 3.8) is 0 Å². The zero-order chi connectivity index (χ0) is 16.2. The molecule has 122 valence electrons. The van der Waals surface area contributed by atoms with E-state index in [9.17, 15) is 4.79 Å². The Morgan fingerprint density at radius 1 is 1.26 bits per heavy atom. The Kier molecular flexibility index (Phi) is 4.91. The Hall–Kier alpha value is -1.94. The minimum Gasteiger partial charge on any atom is -0.349 e. The number of piperidine rings is 1. The van der Waals surface area contributed by atoms with Gasteiger partial charge in [0.2, 0.25) is 5.91 Å². The van der Waals surface area contributed by atoms with E-state index >= 15 is 0 Å². The fourth-order valence-corrected chi connectivity index (χ4v) is 3.11. The zero-order valence-electron chi connectivity index (χ0n) is 14.0. The topological polar surface area (TPSA) is 45.2 Å². The van der Waals surface area contributed by atoms with Gasteiger partial charge in [-0.25, -0.2) is 0 Å². The number of pyridine rings is 1. The van der Waals surface area contributed by atoms with Crippen molar-refractivity contribution in [2.24, 2.45) is 5.92 Å². The Balaban J connectivity index is 1.57. The largest absolute Gasteiger partial charge is 0.349 e. The van der Waals surface area contributed by atoms with Crippen LogP contribution in [-0.2, 0) is 11.3 Å². The highest BCUT2D eigenvalue weighted by Gasteiger charge is 2.24. The standard InChI is InChI=1S/C19H25N3O/c1-14-9-11-22(12-10-14)15(2)19(23)20-13-17-8-7-16-5-3-4-6-18(16)21-17/h3-8,14-15H,9-13H2,1-2H3,(H,20,23)/t15-/m0/s1. The highest BCUT2D eigenvalue weighted by molar-refractivity contribution is 5.81. The number of carbonyl (C=O) groups is 1. The molecule has 0 aliphatic carbocycles. The number of likely N-dealkylation sites (tertiary alicyclic amines) is 1. The van der Waals surface area contributed by atoms with Gasteiger partial charge in [0.15, 0.2) is 0 Å². The molecule has 1 aliphatic heterocycles. The number of hydrogen-bond acceptors (Lipinski definition) is 3. The van der Waals surface area contributed by atoms with Gasteiger partial charge in [0.1, 0.15) is 0 Å². The lowest BCUT2D eigenvalue weighted by Gasteiger charge is -2.34. The van der Waals surface area contributed by atoms with Crippen molar-refractivity contribution in [2.45, 2.75) is 39.3 Å². The minimum absolute atomic E-state index is 0.0667. The maximum Gasteiger partial charge on any atom is 0.237 e. The van der Waals surface area contributed by atoms with E-state index in [1.807, 2.05) is 37.3 Å². The first-order valence-electron chi connectivity index (χ1n) is 8.50. The predicted octanol–water partition coefficient (Wildman–Crippen LogP) is 2.97. The molecule has 0 radical (unpaired) electrons. The van der Waals surface area contributed by atoms with Crippen LogP contribution in [-0.4, -0.2) is 34.9 Å².